The van der Waals surface area contributed by atoms with E-state index in [1.54, 1.807) is 6.07 Å². The molecule has 0 aliphatic rings. The van der Waals surface area contributed by atoms with Gasteiger partial charge >= 0.3 is 11.8 Å². The first kappa shape index (κ1) is 16.7. The monoisotopic (exact) mass is 333 g/mol. The minimum atomic E-state index is -0.690. The number of nitrogens with two attached hydrogens (primary N) is 1. The molecule has 0 fully saturated rings. The summed E-state index contributed by atoms with van der Waals surface area (Å²) in [5.41, 5.74) is 8.06. The Labute approximate surface area is 145 Å². The van der Waals surface area contributed by atoms with E-state index in [0.717, 1.165) is 21.9 Å². The van der Waals surface area contributed by atoms with Gasteiger partial charge in [0.05, 0.1) is 0 Å². The van der Waals surface area contributed by atoms with E-state index in [4.69, 9.17) is 5.73 Å². The van der Waals surface area contributed by atoms with Gasteiger partial charge in [-0.2, -0.15) is 0 Å². The lowest BCUT2D eigenvalue weighted by Crippen LogP contribution is -2.34. The summed E-state index contributed by atoms with van der Waals surface area (Å²) in [5.74, 6) is -1.36. The van der Waals surface area contributed by atoms with Crippen LogP contribution in [0.3, 0.4) is 0 Å². The van der Waals surface area contributed by atoms with Gasteiger partial charge in [-0.25, -0.2) is 0 Å². The largest absolute Gasteiger partial charge is 0.344 e. The fourth-order valence-electron chi connectivity index (χ4n) is 2.58. The fraction of sp³-hybridized carbons (Fsp3) is 0.100. The maximum absolute atomic E-state index is 12.0. The standard InChI is InChI=1S/C20H19N3O2/c21-12-14-4-3-5-15(10-14)13-22-19(24)20(25)23-18-9-8-16-6-1-2-7-17(16)11-18/h1-11H,12-13,21H2,(H,22,24)(H,23,25). The molecule has 0 atom stereocenters. The zero-order valence-electron chi connectivity index (χ0n) is 13.7. The Bertz CT molecular complexity index is 921. The van der Waals surface area contributed by atoms with E-state index in [0.29, 0.717) is 12.2 Å². The van der Waals surface area contributed by atoms with Crippen LogP contribution in [0.2, 0.25) is 0 Å². The quantitative estimate of drug-likeness (QED) is 0.642. The van der Waals surface area contributed by atoms with E-state index in [1.807, 2.05) is 60.7 Å². The number of fused-ring (bicyclic) bond motifs is 1. The van der Waals surface area contributed by atoms with Crippen molar-refractivity contribution >= 4 is 28.3 Å². The SMILES string of the molecule is NCc1cccc(CNC(=O)C(=O)Nc2ccc3ccccc3c2)c1. The summed E-state index contributed by atoms with van der Waals surface area (Å²) < 4.78 is 0. The molecule has 3 aromatic rings. The highest BCUT2D eigenvalue weighted by Crippen LogP contribution is 2.18. The van der Waals surface area contributed by atoms with Crippen molar-refractivity contribution in [3.63, 3.8) is 0 Å². The first-order valence-corrected chi connectivity index (χ1v) is 8.01. The Hall–Kier alpha value is -3.18. The fourth-order valence-corrected chi connectivity index (χ4v) is 2.58. The maximum atomic E-state index is 12.0. The third kappa shape index (κ3) is 4.22. The minimum absolute atomic E-state index is 0.276. The van der Waals surface area contributed by atoms with Crippen LogP contribution < -0.4 is 16.4 Å². The lowest BCUT2D eigenvalue weighted by molar-refractivity contribution is -0.136. The van der Waals surface area contributed by atoms with Gasteiger partial charge in [0.1, 0.15) is 0 Å². The van der Waals surface area contributed by atoms with Gasteiger partial charge in [0.25, 0.3) is 0 Å². The molecule has 0 aliphatic carbocycles. The summed E-state index contributed by atoms with van der Waals surface area (Å²) in [6.45, 7) is 0.710. The van der Waals surface area contributed by atoms with Crippen LogP contribution in [-0.4, -0.2) is 11.8 Å². The van der Waals surface area contributed by atoms with E-state index >= 15 is 0 Å². The summed E-state index contributed by atoms with van der Waals surface area (Å²) in [7, 11) is 0. The average molecular weight is 333 g/mol. The molecule has 5 nitrogen and oxygen atoms in total. The second-order valence-corrected chi connectivity index (χ2v) is 5.72. The number of hydrogen-bond acceptors (Lipinski definition) is 3. The average Bonchev–Trinajstić information content (AvgIpc) is 2.66. The number of anilines is 1. The molecular weight excluding hydrogens is 314 g/mol. The lowest BCUT2D eigenvalue weighted by Gasteiger charge is -2.08. The van der Waals surface area contributed by atoms with Crippen molar-refractivity contribution in [3.8, 4) is 0 Å². The number of carbonyl (C=O) groups is 2. The molecule has 0 aliphatic heterocycles. The zero-order valence-corrected chi connectivity index (χ0v) is 13.7. The number of benzene rings is 3. The molecule has 0 heterocycles. The van der Waals surface area contributed by atoms with Crippen LogP contribution in [0.15, 0.2) is 66.7 Å². The van der Waals surface area contributed by atoms with Gasteiger partial charge in [0.2, 0.25) is 0 Å². The number of nitrogens with one attached hydrogen (secondary N) is 2. The summed E-state index contributed by atoms with van der Waals surface area (Å²) in [5, 5.41) is 7.31. The van der Waals surface area contributed by atoms with Crippen molar-refractivity contribution in [2.24, 2.45) is 5.73 Å². The summed E-state index contributed by atoms with van der Waals surface area (Å²) in [6, 6.07) is 20.9. The van der Waals surface area contributed by atoms with Crippen molar-refractivity contribution < 1.29 is 9.59 Å². The second kappa shape index (κ2) is 7.59. The van der Waals surface area contributed by atoms with Gasteiger partial charge in [0, 0.05) is 18.8 Å². The highest BCUT2D eigenvalue weighted by molar-refractivity contribution is 6.39. The predicted octanol–water partition coefficient (Wildman–Crippen LogP) is 2.55. The summed E-state index contributed by atoms with van der Waals surface area (Å²) >= 11 is 0. The first-order chi connectivity index (χ1) is 12.2. The molecule has 0 radical (unpaired) electrons. The third-order valence-corrected chi connectivity index (χ3v) is 3.89. The van der Waals surface area contributed by atoms with E-state index in [-0.39, 0.29) is 6.54 Å². The topological polar surface area (TPSA) is 84.2 Å². The van der Waals surface area contributed by atoms with Crippen molar-refractivity contribution in [1.29, 1.82) is 0 Å². The van der Waals surface area contributed by atoms with E-state index in [1.165, 1.54) is 0 Å². The maximum Gasteiger partial charge on any atom is 0.313 e. The Balaban J connectivity index is 1.60. The van der Waals surface area contributed by atoms with Crippen molar-refractivity contribution in [1.82, 2.24) is 5.32 Å². The Morgan fingerprint density at radius 1 is 0.800 bits per heavy atom. The molecule has 3 aromatic carbocycles. The second-order valence-electron chi connectivity index (χ2n) is 5.72. The normalized spacial score (nSPS) is 10.4. The number of carbonyl (C=O) groups excluding carboxylic acids is 2. The van der Waals surface area contributed by atoms with Crippen molar-refractivity contribution in [2.75, 3.05) is 5.32 Å². The lowest BCUT2D eigenvalue weighted by atomic mass is 10.1. The van der Waals surface area contributed by atoms with Gasteiger partial charge in [-0.05, 0) is 34.0 Å². The molecule has 0 aromatic heterocycles. The van der Waals surface area contributed by atoms with Crippen LogP contribution >= 0.6 is 0 Å². The molecule has 4 N–H and O–H groups in total. The van der Waals surface area contributed by atoms with Gasteiger partial charge in [0.15, 0.2) is 0 Å². The van der Waals surface area contributed by atoms with Crippen LogP contribution in [0.4, 0.5) is 5.69 Å². The smallest absolute Gasteiger partial charge is 0.313 e. The van der Waals surface area contributed by atoms with E-state index in [2.05, 4.69) is 10.6 Å². The summed E-state index contributed by atoms with van der Waals surface area (Å²) in [6.07, 6.45) is 0. The molecule has 0 saturated carbocycles. The van der Waals surface area contributed by atoms with Crippen LogP contribution in [0.25, 0.3) is 10.8 Å². The van der Waals surface area contributed by atoms with E-state index in [9.17, 15) is 9.59 Å². The number of rotatable bonds is 4. The molecule has 25 heavy (non-hydrogen) atoms. The van der Waals surface area contributed by atoms with Crippen LogP contribution in [0.5, 0.6) is 0 Å². The van der Waals surface area contributed by atoms with Gasteiger partial charge in [-0.3, -0.25) is 9.59 Å². The predicted molar refractivity (Wildman–Crippen MR) is 98.8 cm³/mol. The molecule has 5 heteroatoms. The molecule has 0 bridgehead atoms. The number of amides is 2. The van der Waals surface area contributed by atoms with E-state index < -0.39 is 11.8 Å². The van der Waals surface area contributed by atoms with Gasteiger partial charge in [-0.1, -0.05) is 54.6 Å². The molecule has 2 amide bonds. The molecule has 126 valence electrons. The molecule has 0 unspecified atom stereocenters. The Morgan fingerprint density at radius 2 is 1.56 bits per heavy atom. The highest BCUT2D eigenvalue weighted by Gasteiger charge is 2.13. The molecule has 3 rings (SSSR count). The van der Waals surface area contributed by atoms with Crippen molar-refractivity contribution in [3.05, 3.63) is 77.9 Å². The molecule has 0 saturated heterocycles. The van der Waals surface area contributed by atoms with Crippen LogP contribution in [-0.2, 0) is 22.7 Å². The van der Waals surface area contributed by atoms with Crippen LogP contribution in [0, 0.1) is 0 Å². The first-order valence-electron chi connectivity index (χ1n) is 8.01. The zero-order chi connectivity index (χ0) is 17.6. The third-order valence-electron chi connectivity index (χ3n) is 3.89. The molecular formula is C20H19N3O2. The highest BCUT2D eigenvalue weighted by atomic mass is 16.2. The Kier molecular flexibility index (Phi) is 5.06. The van der Waals surface area contributed by atoms with Crippen LogP contribution in [0.1, 0.15) is 11.1 Å². The number of hydrogen-bond donors (Lipinski definition) is 3. The van der Waals surface area contributed by atoms with Gasteiger partial charge < -0.3 is 16.4 Å². The molecule has 0 spiro atoms. The minimum Gasteiger partial charge on any atom is -0.344 e. The van der Waals surface area contributed by atoms with Gasteiger partial charge in [-0.15, -0.1) is 0 Å². The van der Waals surface area contributed by atoms with Crippen molar-refractivity contribution in [2.45, 2.75) is 13.1 Å². The summed E-state index contributed by atoms with van der Waals surface area (Å²) in [4.78, 5) is 24.0. The Morgan fingerprint density at radius 3 is 2.36 bits per heavy atom.